The lowest BCUT2D eigenvalue weighted by Crippen LogP contribution is -2.49. The van der Waals surface area contributed by atoms with Gasteiger partial charge in [-0.05, 0) is 13.1 Å². The van der Waals surface area contributed by atoms with Gasteiger partial charge in [-0.25, -0.2) is 0 Å². The number of carboxylic acid groups (broad SMARTS) is 1. The van der Waals surface area contributed by atoms with Gasteiger partial charge >= 0.3 is 5.97 Å². The highest BCUT2D eigenvalue weighted by Crippen LogP contribution is 2.22. The van der Waals surface area contributed by atoms with Crippen molar-refractivity contribution in [1.29, 1.82) is 0 Å². The molecule has 0 saturated carbocycles. The van der Waals surface area contributed by atoms with Gasteiger partial charge in [-0.1, -0.05) is 20.8 Å². The van der Waals surface area contributed by atoms with Gasteiger partial charge in [0.2, 0.25) is 0 Å². The molecular weight excluding hydrogens is 324 g/mol. The van der Waals surface area contributed by atoms with E-state index >= 15 is 0 Å². The van der Waals surface area contributed by atoms with Gasteiger partial charge in [-0.15, -0.1) is 0 Å². The van der Waals surface area contributed by atoms with E-state index in [1.165, 1.54) is 0 Å². The van der Waals surface area contributed by atoms with E-state index in [0.717, 1.165) is 5.69 Å². The van der Waals surface area contributed by atoms with Gasteiger partial charge in [0.25, 0.3) is 5.91 Å². The molecule has 140 valence electrons. The highest BCUT2D eigenvalue weighted by Gasteiger charge is 2.29. The molecule has 0 aliphatic carbocycles. The van der Waals surface area contributed by atoms with Crippen LogP contribution in [0.25, 0.3) is 0 Å². The Morgan fingerprint density at radius 3 is 2.68 bits per heavy atom. The van der Waals surface area contributed by atoms with E-state index in [1.807, 2.05) is 6.07 Å². The third-order valence-electron chi connectivity index (χ3n) is 4.21. The van der Waals surface area contributed by atoms with Gasteiger partial charge in [0.1, 0.15) is 5.69 Å². The van der Waals surface area contributed by atoms with Crippen LogP contribution in [0.15, 0.2) is 6.07 Å². The monoisotopic (exact) mass is 352 g/mol. The van der Waals surface area contributed by atoms with Crippen molar-refractivity contribution in [3.8, 4) is 0 Å². The van der Waals surface area contributed by atoms with Gasteiger partial charge in [0, 0.05) is 32.1 Å². The van der Waals surface area contributed by atoms with Gasteiger partial charge in [-0.2, -0.15) is 5.10 Å². The maximum atomic E-state index is 12.9. The summed E-state index contributed by atoms with van der Waals surface area (Å²) in [5, 5.41) is 13.3. The van der Waals surface area contributed by atoms with E-state index in [1.54, 1.807) is 28.6 Å². The number of aromatic nitrogens is 2. The maximum Gasteiger partial charge on any atom is 0.317 e. The van der Waals surface area contributed by atoms with Crippen LogP contribution in [-0.2, 0) is 22.0 Å². The van der Waals surface area contributed by atoms with E-state index in [-0.39, 0.29) is 24.0 Å². The molecule has 1 atom stereocenters. The maximum absolute atomic E-state index is 12.9. The molecule has 2 rings (SSSR count). The Hall–Kier alpha value is -1.93. The van der Waals surface area contributed by atoms with Crippen LogP contribution in [0.2, 0.25) is 0 Å². The third-order valence-corrected chi connectivity index (χ3v) is 4.21. The zero-order valence-corrected chi connectivity index (χ0v) is 15.7. The fraction of sp³-hybridized carbons (Fsp3) is 0.706. The van der Waals surface area contributed by atoms with Crippen LogP contribution in [0.4, 0.5) is 0 Å². The summed E-state index contributed by atoms with van der Waals surface area (Å²) in [5.41, 5.74) is 1.32. The number of aryl methyl sites for hydroxylation is 1. The Morgan fingerprint density at radius 1 is 1.44 bits per heavy atom. The molecular formula is C17H28N4O4. The lowest BCUT2D eigenvalue weighted by Gasteiger charge is -2.34. The zero-order valence-electron chi connectivity index (χ0n) is 15.7. The number of likely N-dealkylation sites (N-methyl/N-ethyl adjacent to an activating group) is 1. The molecule has 25 heavy (non-hydrogen) atoms. The molecule has 1 saturated heterocycles. The fourth-order valence-electron chi connectivity index (χ4n) is 2.85. The molecule has 1 aliphatic rings. The number of nitrogens with zero attached hydrogens (tertiary/aromatic N) is 4. The summed E-state index contributed by atoms with van der Waals surface area (Å²) in [6, 6.07) is 1.85. The van der Waals surface area contributed by atoms with Crippen molar-refractivity contribution < 1.29 is 19.4 Å². The molecule has 1 amide bonds. The number of rotatable bonds is 5. The van der Waals surface area contributed by atoms with E-state index in [2.05, 4.69) is 25.9 Å². The molecule has 1 fully saturated rings. The second kappa shape index (κ2) is 7.53. The zero-order chi connectivity index (χ0) is 18.8. The van der Waals surface area contributed by atoms with Crippen molar-refractivity contribution in [1.82, 2.24) is 19.6 Å². The van der Waals surface area contributed by atoms with Crippen molar-refractivity contribution in [2.24, 2.45) is 7.05 Å². The Balaban J connectivity index is 2.04. The molecule has 2 heterocycles. The summed E-state index contributed by atoms with van der Waals surface area (Å²) in [6.07, 6.45) is -0.197. The normalized spacial score (nSPS) is 18.6. The molecule has 1 aromatic rings. The Kier molecular flexibility index (Phi) is 5.84. The molecule has 0 spiro atoms. The number of morpholine rings is 1. The van der Waals surface area contributed by atoms with Crippen LogP contribution in [0.1, 0.15) is 37.0 Å². The van der Waals surface area contributed by atoms with Gasteiger partial charge in [0.15, 0.2) is 0 Å². The largest absolute Gasteiger partial charge is 0.480 e. The molecule has 0 radical (unpaired) electrons. The molecule has 0 bridgehead atoms. The Labute approximate surface area is 148 Å². The topological polar surface area (TPSA) is 87.9 Å². The number of carbonyl (C=O) groups is 2. The van der Waals surface area contributed by atoms with E-state index < -0.39 is 5.97 Å². The fourth-order valence-corrected chi connectivity index (χ4v) is 2.85. The third kappa shape index (κ3) is 5.02. The predicted molar refractivity (Wildman–Crippen MR) is 92.7 cm³/mol. The lowest BCUT2D eigenvalue weighted by atomic mass is 9.92. The molecule has 1 aliphatic heterocycles. The summed E-state index contributed by atoms with van der Waals surface area (Å²) < 4.78 is 7.31. The van der Waals surface area contributed by atoms with Crippen LogP contribution >= 0.6 is 0 Å². The van der Waals surface area contributed by atoms with Crippen molar-refractivity contribution in [2.45, 2.75) is 32.3 Å². The summed E-state index contributed by atoms with van der Waals surface area (Å²) >= 11 is 0. The van der Waals surface area contributed by atoms with Crippen LogP contribution in [-0.4, -0.2) is 82.5 Å². The van der Waals surface area contributed by atoms with Crippen molar-refractivity contribution in [3.05, 3.63) is 17.5 Å². The van der Waals surface area contributed by atoms with Crippen LogP contribution in [0.5, 0.6) is 0 Å². The van der Waals surface area contributed by atoms with E-state index in [4.69, 9.17) is 9.84 Å². The first-order chi connectivity index (χ1) is 11.6. The van der Waals surface area contributed by atoms with Crippen molar-refractivity contribution in [2.75, 3.05) is 39.8 Å². The standard InChI is InChI=1S/C17H28N4O4/c1-17(2,3)14-8-13(20(5)18-14)16(24)21-6-7-25-12(10-21)9-19(4)11-15(22)23/h8,12H,6-7,9-11H2,1-5H3,(H,22,23). The first-order valence-electron chi connectivity index (χ1n) is 8.43. The summed E-state index contributed by atoms with van der Waals surface area (Å²) in [6.45, 7) is 8.01. The smallest absolute Gasteiger partial charge is 0.317 e. The van der Waals surface area contributed by atoms with Gasteiger partial charge < -0.3 is 14.7 Å². The number of ether oxygens (including phenoxy) is 1. The molecule has 8 heteroatoms. The molecule has 1 unspecified atom stereocenters. The van der Waals surface area contributed by atoms with E-state index in [0.29, 0.717) is 31.9 Å². The highest BCUT2D eigenvalue weighted by atomic mass is 16.5. The number of hydrogen-bond donors (Lipinski definition) is 1. The summed E-state index contributed by atoms with van der Waals surface area (Å²) in [4.78, 5) is 27.1. The molecule has 0 aromatic carbocycles. The minimum Gasteiger partial charge on any atom is -0.480 e. The number of aliphatic carboxylic acids is 1. The van der Waals surface area contributed by atoms with Gasteiger partial charge in [0.05, 0.1) is 24.9 Å². The number of hydrogen-bond acceptors (Lipinski definition) is 5. The average molecular weight is 352 g/mol. The van der Waals surface area contributed by atoms with Crippen LogP contribution in [0.3, 0.4) is 0 Å². The quantitative estimate of drug-likeness (QED) is 0.834. The minimum absolute atomic E-state index is 0.0511. The predicted octanol–water partition coefficient (Wildman–Crippen LogP) is 0.575. The second-order valence-corrected chi connectivity index (χ2v) is 7.62. The SMILES string of the molecule is CN(CC(=O)O)CC1CN(C(=O)c2cc(C(C)(C)C)nn2C)CCO1. The average Bonchev–Trinajstić information content (AvgIpc) is 2.88. The summed E-state index contributed by atoms with van der Waals surface area (Å²) in [5.74, 6) is -0.949. The van der Waals surface area contributed by atoms with E-state index in [9.17, 15) is 9.59 Å². The van der Waals surface area contributed by atoms with Gasteiger partial charge in [-0.3, -0.25) is 19.2 Å². The number of carbonyl (C=O) groups excluding carboxylic acids is 1. The molecule has 1 N–H and O–H groups in total. The second-order valence-electron chi connectivity index (χ2n) is 7.62. The van der Waals surface area contributed by atoms with Crippen molar-refractivity contribution in [3.63, 3.8) is 0 Å². The Bertz CT molecular complexity index is 635. The highest BCUT2D eigenvalue weighted by molar-refractivity contribution is 5.92. The van der Waals surface area contributed by atoms with Crippen LogP contribution < -0.4 is 0 Å². The summed E-state index contributed by atoms with van der Waals surface area (Å²) in [7, 11) is 3.51. The molecule has 8 nitrogen and oxygen atoms in total. The number of amides is 1. The lowest BCUT2D eigenvalue weighted by molar-refractivity contribution is -0.138. The molecule has 1 aromatic heterocycles. The first-order valence-corrected chi connectivity index (χ1v) is 8.43. The van der Waals surface area contributed by atoms with Crippen molar-refractivity contribution >= 4 is 11.9 Å². The first kappa shape index (κ1) is 19.4. The Morgan fingerprint density at radius 2 is 2.12 bits per heavy atom. The number of carboxylic acids is 1. The minimum atomic E-state index is -0.879. The van der Waals surface area contributed by atoms with Crippen LogP contribution in [0, 0.1) is 0 Å².